The summed E-state index contributed by atoms with van der Waals surface area (Å²) >= 11 is 0. The number of fused-ring (bicyclic) bond motifs is 1. The highest BCUT2D eigenvalue weighted by Crippen LogP contribution is 2.35. The van der Waals surface area contributed by atoms with Gasteiger partial charge in [0.1, 0.15) is 5.82 Å². The maximum atomic E-state index is 13.0. The monoisotopic (exact) mass is 399 g/mol. The highest BCUT2D eigenvalue weighted by atomic mass is 32.2. The third-order valence-corrected chi connectivity index (χ3v) is 7.30. The van der Waals surface area contributed by atoms with Gasteiger partial charge in [0, 0.05) is 22.3 Å². The van der Waals surface area contributed by atoms with Crippen LogP contribution >= 0.6 is 0 Å². The number of unbranched alkanes of at least 4 members (excludes halogenated alkanes) is 1. The molecule has 2 aromatic rings. The van der Waals surface area contributed by atoms with Crippen LogP contribution in [0, 0.1) is 11.8 Å². The Kier molecular flexibility index (Phi) is 5.95. The Morgan fingerprint density at radius 1 is 1.18 bits per heavy atom. The van der Waals surface area contributed by atoms with E-state index < -0.39 is 10.8 Å². The van der Waals surface area contributed by atoms with E-state index in [1.807, 2.05) is 35.0 Å². The zero-order chi connectivity index (χ0) is 19.5. The van der Waals surface area contributed by atoms with Crippen molar-refractivity contribution in [3.05, 3.63) is 41.6 Å². The van der Waals surface area contributed by atoms with Gasteiger partial charge in [-0.2, -0.15) is 5.10 Å². The molecule has 1 saturated carbocycles. The Balaban J connectivity index is 1.50. The number of amides is 1. The quantitative estimate of drug-likeness (QED) is 0.774. The number of rotatable bonds is 6. The summed E-state index contributed by atoms with van der Waals surface area (Å²) in [6.07, 6.45) is 8.07. The lowest BCUT2D eigenvalue weighted by Crippen LogP contribution is -2.28. The third-order valence-electron chi connectivity index (χ3n) is 6.10. The van der Waals surface area contributed by atoms with Crippen LogP contribution in [-0.4, -0.2) is 19.9 Å². The zero-order valence-electron chi connectivity index (χ0n) is 16.5. The van der Waals surface area contributed by atoms with E-state index in [4.69, 9.17) is 0 Å². The van der Waals surface area contributed by atoms with Crippen LogP contribution in [0.2, 0.25) is 0 Å². The van der Waals surface area contributed by atoms with Gasteiger partial charge in [0.15, 0.2) is 0 Å². The molecule has 1 amide bonds. The number of carbonyl (C=O) groups excluding carboxylic acids is 1. The number of nitrogens with one attached hydrogen (secondary N) is 1. The molecule has 1 aromatic heterocycles. The predicted molar refractivity (Wildman–Crippen MR) is 113 cm³/mol. The molecule has 0 saturated heterocycles. The number of hydrogen-bond donors (Lipinski definition) is 1. The summed E-state index contributed by atoms with van der Waals surface area (Å²) in [6.45, 7) is 2.24. The van der Waals surface area contributed by atoms with Crippen molar-refractivity contribution in [1.82, 2.24) is 9.78 Å². The van der Waals surface area contributed by atoms with Gasteiger partial charge in [0.25, 0.3) is 0 Å². The number of nitrogens with zero attached hydrogens (tertiary/aromatic N) is 2. The molecule has 28 heavy (non-hydrogen) atoms. The molecule has 0 radical (unpaired) electrons. The van der Waals surface area contributed by atoms with Gasteiger partial charge >= 0.3 is 0 Å². The Hall–Kier alpha value is -1.95. The summed E-state index contributed by atoms with van der Waals surface area (Å²) in [6, 6.07) is 9.85. The maximum absolute atomic E-state index is 13.0. The van der Waals surface area contributed by atoms with E-state index in [-0.39, 0.29) is 11.8 Å². The average molecular weight is 400 g/mol. The highest BCUT2D eigenvalue weighted by molar-refractivity contribution is 7.83. The van der Waals surface area contributed by atoms with E-state index in [0.29, 0.717) is 17.3 Å². The maximum Gasteiger partial charge on any atom is 0.228 e. The smallest absolute Gasteiger partial charge is 0.228 e. The fraction of sp³-hybridized carbons (Fsp3) is 0.545. The van der Waals surface area contributed by atoms with E-state index in [9.17, 15) is 9.00 Å². The lowest BCUT2D eigenvalue weighted by Gasteiger charge is -2.27. The van der Waals surface area contributed by atoms with Gasteiger partial charge in [0.05, 0.1) is 22.9 Å². The molecular weight excluding hydrogens is 370 g/mol. The Morgan fingerprint density at radius 3 is 2.64 bits per heavy atom. The number of hydrogen-bond acceptors (Lipinski definition) is 3. The van der Waals surface area contributed by atoms with Crippen LogP contribution in [0.5, 0.6) is 0 Å². The van der Waals surface area contributed by atoms with E-state index in [1.165, 1.54) is 19.3 Å². The van der Waals surface area contributed by atoms with Gasteiger partial charge < -0.3 is 5.32 Å². The summed E-state index contributed by atoms with van der Waals surface area (Å²) in [7, 11) is -0.918. The topological polar surface area (TPSA) is 64.0 Å². The zero-order valence-corrected chi connectivity index (χ0v) is 17.3. The lowest BCUT2D eigenvalue weighted by atomic mass is 9.79. The molecule has 1 N–H and O–H groups in total. The molecule has 1 aromatic carbocycles. The molecular formula is C22H29N3O2S. The van der Waals surface area contributed by atoms with Crippen LogP contribution in [0.15, 0.2) is 30.3 Å². The predicted octanol–water partition coefficient (Wildman–Crippen LogP) is 4.57. The first-order chi connectivity index (χ1) is 13.7. The van der Waals surface area contributed by atoms with Crippen molar-refractivity contribution in [2.24, 2.45) is 11.8 Å². The first kappa shape index (κ1) is 19.4. The fourth-order valence-corrected chi connectivity index (χ4v) is 5.70. The second-order valence-corrected chi connectivity index (χ2v) is 9.56. The van der Waals surface area contributed by atoms with Gasteiger partial charge in [-0.3, -0.25) is 9.00 Å². The van der Waals surface area contributed by atoms with Crippen molar-refractivity contribution in [3.63, 3.8) is 0 Å². The fourth-order valence-electron chi connectivity index (χ4n) is 4.44. The number of anilines is 1. The Bertz CT molecular complexity index is 854. The molecule has 1 aliphatic heterocycles. The third kappa shape index (κ3) is 4.07. The van der Waals surface area contributed by atoms with Gasteiger partial charge in [0.2, 0.25) is 5.91 Å². The minimum Gasteiger partial charge on any atom is -0.310 e. The molecule has 1 fully saturated rings. The number of benzene rings is 1. The van der Waals surface area contributed by atoms with E-state index >= 15 is 0 Å². The standard InChI is InChI=1S/C22H29N3O2S/c1-2-3-7-16-10-12-17(13-11-16)22(26)23-21-19-14-28(27)15-20(19)24-25(21)18-8-5-4-6-9-18/h4-6,8-9,16-17H,2-3,7,10-15H2,1H3,(H,23,26). The normalized spacial score (nSPS) is 24.1. The molecule has 2 heterocycles. The van der Waals surface area contributed by atoms with Crippen LogP contribution in [0.4, 0.5) is 5.82 Å². The molecule has 0 spiro atoms. The van der Waals surface area contributed by atoms with Gasteiger partial charge in [-0.1, -0.05) is 44.4 Å². The molecule has 1 aliphatic carbocycles. The van der Waals surface area contributed by atoms with Gasteiger partial charge in [-0.15, -0.1) is 0 Å². The van der Waals surface area contributed by atoms with Crippen molar-refractivity contribution in [2.45, 2.75) is 63.4 Å². The summed E-state index contributed by atoms with van der Waals surface area (Å²) in [5.74, 6) is 2.60. The molecule has 150 valence electrons. The SMILES string of the molecule is CCCCC1CCC(C(=O)Nc2c3c(nn2-c2ccccc2)CS(=O)C3)CC1. The van der Waals surface area contributed by atoms with E-state index in [1.54, 1.807) is 0 Å². The van der Waals surface area contributed by atoms with Crippen LogP contribution in [0.3, 0.4) is 0 Å². The van der Waals surface area contributed by atoms with Crippen molar-refractivity contribution >= 4 is 22.5 Å². The first-order valence-corrected chi connectivity index (χ1v) is 12.0. The minimum atomic E-state index is -0.918. The first-order valence-electron chi connectivity index (χ1n) is 10.5. The molecule has 1 atom stereocenters. The van der Waals surface area contributed by atoms with Crippen molar-refractivity contribution in [3.8, 4) is 5.69 Å². The van der Waals surface area contributed by atoms with Crippen LogP contribution in [0.1, 0.15) is 63.1 Å². The van der Waals surface area contributed by atoms with Crippen molar-refractivity contribution in [1.29, 1.82) is 0 Å². The van der Waals surface area contributed by atoms with E-state index in [2.05, 4.69) is 17.3 Å². The summed E-state index contributed by atoms with van der Waals surface area (Å²) < 4.78 is 13.8. The average Bonchev–Trinajstić information content (AvgIpc) is 3.24. The van der Waals surface area contributed by atoms with Gasteiger partial charge in [-0.25, -0.2) is 4.68 Å². The Labute approximate surface area is 169 Å². The highest BCUT2D eigenvalue weighted by Gasteiger charge is 2.31. The summed E-state index contributed by atoms with van der Waals surface area (Å²) in [4.78, 5) is 13.0. The number of aromatic nitrogens is 2. The molecule has 0 bridgehead atoms. The molecule has 1 unspecified atom stereocenters. The van der Waals surface area contributed by atoms with Gasteiger partial charge in [-0.05, 0) is 43.7 Å². The summed E-state index contributed by atoms with van der Waals surface area (Å²) in [5, 5.41) is 7.83. The van der Waals surface area contributed by atoms with Crippen LogP contribution in [0.25, 0.3) is 5.69 Å². The molecule has 5 nitrogen and oxygen atoms in total. The molecule has 4 rings (SSSR count). The lowest BCUT2D eigenvalue weighted by molar-refractivity contribution is -0.121. The second kappa shape index (κ2) is 8.60. The van der Waals surface area contributed by atoms with Crippen LogP contribution < -0.4 is 5.32 Å². The number of carbonyl (C=O) groups is 1. The van der Waals surface area contributed by atoms with Crippen molar-refractivity contribution in [2.75, 3.05) is 5.32 Å². The Morgan fingerprint density at radius 2 is 1.93 bits per heavy atom. The van der Waals surface area contributed by atoms with Crippen LogP contribution in [-0.2, 0) is 27.1 Å². The molecule has 6 heteroatoms. The largest absolute Gasteiger partial charge is 0.310 e. The van der Waals surface area contributed by atoms with Crippen molar-refractivity contribution < 1.29 is 9.00 Å². The summed E-state index contributed by atoms with van der Waals surface area (Å²) in [5.41, 5.74) is 2.70. The minimum absolute atomic E-state index is 0.0690. The van der Waals surface area contributed by atoms with E-state index in [0.717, 1.165) is 48.5 Å². The second-order valence-electron chi connectivity index (χ2n) is 8.10. The number of para-hydroxylation sites is 1. The molecule has 2 aliphatic rings.